The van der Waals surface area contributed by atoms with Gasteiger partial charge in [0.1, 0.15) is 5.41 Å². The Balaban J connectivity index is 1.68. The van der Waals surface area contributed by atoms with Gasteiger partial charge in [-0.3, -0.25) is 14.9 Å². The van der Waals surface area contributed by atoms with Crippen molar-refractivity contribution in [3.8, 4) is 0 Å². The lowest BCUT2D eigenvalue weighted by Gasteiger charge is -2.18. The third-order valence-corrected chi connectivity index (χ3v) is 4.52. The average molecular weight is 387 g/mol. The highest BCUT2D eigenvalue weighted by Crippen LogP contribution is 2.57. The summed E-state index contributed by atoms with van der Waals surface area (Å²) in [5.41, 5.74) is -1.71. The van der Waals surface area contributed by atoms with Crippen molar-refractivity contribution in [2.75, 3.05) is 5.32 Å². The minimum absolute atomic E-state index is 0.117. The predicted octanol–water partition coefficient (Wildman–Crippen LogP) is 3.27. The molecule has 1 aliphatic rings. The van der Waals surface area contributed by atoms with Crippen molar-refractivity contribution in [3.63, 3.8) is 0 Å². The van der Waals surface area contributed by atoms with Crippen LogP contribution in [0.25, 0.3) is 0 Å². The summed E-state index contributed by atoms with van der Waals surface area (Å²) in [5.74, 6) is -1.36. The number of halogens is 4. The Labute approximate surface area is 151 Å². The van der Waals surface area contributed by atoms with E-state index in [0.717, 1.165) is 0 Å². The van der Waals surface area contributed by atoms with Crippen LogP contribution < -0.4 is 10.6 Å². The highest BCUT2D eigenvalue weighted by Gasteiger charge is 2.68. The first-order valence-corrected chi connectivity index (χ1v) is 8.05. The molecule has 0 spiro atoms. The Morgan fingerprint density at radius 1 is 1.31 bits per heavy atom. The number of nitrogens with one attached hydrogen (secondary N) is 3. The molecular formula is C16H14ClF3N4O2. The van der Waals surface area contributed by atoms with Crippen LogP contribution in [0, 0.1) is 5.41 Å². The quantitative estimate of drug-likeness (QED) is 0.737. The highest BCUT2D eigenvalue weighted by atomic mass is 35.5. The summed E-state index contributed by atoms with van der Waals surface area (Å²) in [7, 11) is 0. The maximum Gasteiger partial charge on any atom is 0.403 e. The largest absolute Gasteiger partial charge is 0.403 e. The summed E-state index contributed by atoms with van der Waals surface area (Å²) < 4.78 is 38.8. The molecule has 0 unspecified atom stereocenters. The molecule has 1 fully saturated rings. The fourth-order valence-corrected chi connectivity index (χ4v) is 2.68. The van der Waals surface area contributed by atoms with Gasteiger partial charge in [-0.25, -0.2) is 4.98 Å². The molecule has 1 heterocycles. The first kappa shape index (κ1) is 18.2. The SMILES string of the molecule is O=C(Nc1ncc[nH]1)c1cc(CNC(=O)C2(C(F)(F)F)CC2)ccc1Cl. The molecule has 1 aliphatic carbocycles. The molecule has 1 aromatic heterocycles. The smallest absolute Gasteiger partial charge is 0.351 e. The molecule has 3 N–H and O–H groups in total. The van der Waals surface area contributed by atoms with Gasteiger partial charge < -0.3 is 10.3 Å². The second kappa shape index (κ2) is 6.64. The van der Waals surface area contributed by atoms with Crippen LogP contribution in [0.2, 0.25) is 5.02 Å². The van der Waals surface area contributed by atoms with Crippen molar-refractivity contribution in [2.24, 2.45) is 5.41 Å². The van der Waals surface area contributed by atoms with E-state index in [1.165, 1.54) is 30.6 Å². The normalized spacial score (nSPS) is 15.4. The summed E-state index contributed by atoms with van der Waals surface area (Å²) in [4.78, 5) is 30.7. The van der Waals surface area contributed by atoms with Gasteiger partial charge in [0.2, 0.25) is 11.9 Å². The molecule has 1 aromatic carbocycles. The summed E-state index contributed by atoms with van der Waals surface area (Å²) in [6.45, 7) is -0.144. The highest BCUT2D eigenvalue weighted by molar-refractivity contribution is 6.34. The number of benzene rings is 1. The zero-order valence-corrected chi connectivity index (χ0v) is 14.0. The van der Waals surface area contributed by atoms with E-state index in [1.54, 1.807) is 0 Å². The van der Waals surface area contributed by atoms with Crippen LogP contribution >= 0.6 is 11.6 Å². The molecule has 0 aliphatic heterocycles. The lowest BCUT2D eigenvalue weighted by Crippen LogP contribution is -2.40. The number of hydrogen-bond donors (Lipinski definition) is 3. The number of nitrogens with zero attached hydrogens (tertiary/aromatic N) is 1. The monoisotopic (exact) mass is 386 g/mol. The van der Waals surface area contributed by atoms with E-state index in [-0.39, 0.29) is 35.9 Å². The fraction of sp³-hybridized carbons (Fsp3) is 0.312. The topological polar surface area (TPSA) is 86.9 Å². The standard InChI is InChI=1S/C16H14ClF3N4O2/c17-11-2-1-9(7-10(11)12(25)24-14-21-5-6-22-14)8-23-13(26)15(3-4-15)16(18,19)20/h1-2,5-7H,3-4,8H2,(H,23,26)(H2,21,22,24,25). The lowest BCUT2D eigenvalue weighted by atomic mass is 10.1. The van der Waals surface area contributed by atoms with Crippen LogP contribution in [0.5, 0.6) is 0 Å². The predicted molar refractivity (Wildman–Crippen MR) is 87.6 cm³/mol. The molecule has 6 nitrogen and oxygen atoms in total. The van der Waals surface area contributed by atoms with Crippen LogP contribution in [-0.2, 0) is 11.3 Å². The average Bonchev–Trinajstić information content (AvgIpc) is 3.26. The van der Waals surface area contributed by atoms with Gasteiger partial charge in [-0.2, -0.15) is 13.2 Å². The molecule has 1 saturated carbocycles. The van der Waals surface area contributed by atoms with Crippen molar-refractivity contribution in [1.82, 2.24) is 15.3 Å². The maximum atomic E-state index is 12.9. The second-order valence-corrected chi connectivity index (χ2v) is 6.38. The second-order valence-electron chi connectivity index (χ2n) is 5.97. The minimum atomic E-state index is -4.56. The molecule has 10 heteroatoms. The zero-order chi connectivity index (χ0) is 18.9. The van der Waals surface area contributed by atoms with Gasteiger partial charge in [0.25, 0.3) is 5.91 Å². The molecule has 0 bridgehead atoms. The number of rotatable bonds is 5. The first-order valence-electron chi connectivity index (χ1n) is 7.67. The number of aromatic nitrogens is 2. The number of carbonyl (C=O) groups excluding carboxylic acids is 2. The van der Waals surface area contributed by atoms with Crippen LogP contribution in [0.4, 0.5) is 19.1 Å². The first-order chi connectivity index (χ1) is 12.2. The number of imidazole rings is 1. The molecule has 0 saturated heterocycles. The van der Waals surface area contributed by atoms with Crippen molar-refractivity contribution < 1.29 is 22.8 Å². The van der Waals surface area contributed by atoms with Crippen LogP contribution in [-0.4, -0.2) is 28.0 Å². The Bertz CT molecular complexity index is 833. The Kier molecular flexibility index (Phi) is 4.66. The molecule has 0 atom stereocenters. The zero-order valence-electron chi connectivity index (χ0n) is 13.3. The number of anilines is 1. The summed E-state index contributed by atoms with van der Waals surface area (Å²) >= 11 is 6.01. The van der Waals surface area contributed by atoms with Crippen molar-refractivity contribution >= 4 is 29.4 Å². The molecule has 2 amide bonds. The molecule has 0 radical (unpaired) electrons. The Hall–Kier alpha value is -2.55. The summed E-state index contributed by atoms with van der Waals surface area (Å²) in [6, 6.07) is 4.38. The van der Waals surface area contributed by atoms with E-state index in [4.69, 9.17) is 11.6 Å². The third kappa shape index (κ3) is 3.52. The number of hydrogen-bond acceptors (Lipinski definition) is 3. The van der Waals surface area contributed by atoms with E-state index < -0.39 is 23.4 Å². The van der Waals surface area contributed by atoms with E-state index >= 15 is 0 Å². The van der Waals surface area contributed by atoms with Crippen LogP contribution in [0.1, 0.15) is 28.8 Å². The van der Waals surface area contributed by atoms with E-state index in [1.807, 2.05) is 0 Å². The molecule has 2 aromatic rings. The van der Waals surface area contributed by atoms with Gasteiger partial charge in [0.05, 0.1) is 10.6 Å². The maximum absolute atomic E-state index is 12.9. The van der Waals surface area contributed by atoms with Gasteiger partial charge in [-0.15, -0.1) is 0 Å². The third-order valence-electron chi connectivity index (χ3n) is 4.19. The van der Waals surface area contributed by atoms with Gasteiger partial charge in [-0.1, -0.05) is 17.7 Å². The molecule has 3 rings (SSSR count). The van der Waals surface area contributed by atoms with Crippen molar-refractivity contribution in [2.45, 2.75) is 25.6 Å². The van der Waals surface area contributed by atoms with Gasteiger partial charge >= 0.3 is 6.18 Å². The van der Waals surface area contributed by atoms with Gasteiger partial charge in [-0.05, 0) is 30.5 Å². The number of aromatic amines is 1. The lowest BCUT2D eigenvalue weighted by molar-refractivity contribution is -0.192. The summed E-state index contributed by atoms with van der Waals surface area (Å²) in [6.07, 6.45) is -2.00. The van der Waals surface area contributed by atoms with Crippen molar-refractivity contribution in [3.05, 3.63) is 46.7 Å². The van der Waals surface area contributed by atoms with Crippen LogP contribution in [0.3, 0.4) is 0 Å². The Morgan fingerprint density at radius 3 is 2.62 bits per heavy atom. The molecule has 138 valence electrons. The number of H-pyrrole nitrogens is 1. The van der Waals surface area contributed by atoms with E-state index in [2.05, 4.69) is 20.6 Å². The number of alkyl halides is 3. The molecular weight excluding hydrogens is 373 g/mol. The molecule has 26 heavy (non-hydrogen) atoms. The number of carbonyl (C=O) groups is 2. The van der Waals surface area contributed by atoms with Gasteiger partial charge in [0, 0.05) is 18.9 Å². The Morgan fingerprint density at radius 2 is 2.04 bits per heavy atom. The van der Waals surface area contributed by atoms with Gasteiger partial charge in [0.15, 0.2) is 0 Å². The van der Waals surface area contributed by atoms with E-state index in [0.29, 0.717) is 5.56 Å². The number of amides is 2. The van der Waals surface area contributed by atoms with Crippen molar-refractivity contribution in [1.29, 1.82) is 0 Å². The van der Waals surface area contributed by atoms with Crippen LogP contribution in [0.15, 0.2) is 30.6 Å². The fourth-order valence-electron chi connectivity index (χ4n) is 2.48. The summed E-state index contributed by atoms with van der Waals surface area (Å²) in [5, 5.41) is 4.95. The van der Waals surface area contributed by atoms with E-state index in [9.17, 15) is 22.8 Å². The minimum Gasteiger partial charge on any atom is -0.351 e.